The number of aromatic nitrogens is 2. The molecule has 27 heavy (non-hydrogen) atoms. The predicted molar refractivity (Wildman–Crippen MR) is 99.3 cm³/mol. The van der Waals surface area contributed by atoms with Crippen molar-refractivity contribution in [3.05, 3.63) is 69.6 Å². The Hall–Kier alpha value is -3.07. The summed E-state index contributed by atoms with van der Waals surface area (Å²) in [6.45, 7) is 0. The van der Waals surface area contributed by atoms with Gasteiger partial charge in [-0.3, -0.25) is 10.1 Å². The molecule has 3 aromatic rings. The Kier molecular flexibility index (Phi) is 5.92. The molecule has 0 fully saturated rings. The number of benzene rings is 2. The van der Waals surface area contributed by atoms with Gasteiger partial charge in [-0.05, 0) is 23.3 Å². The second-order valence-corrected chi connectivity index (χ2v) is 6.47. The zero-order chi connectivity index (χ0) is 19.2. The highest BCUT2D eigenvalue weighted by atomic mass is 32.2. The van der Waals surface area contributed by atoms with Gasteiger partial charge in [0.15, 0.2) is 11.5 Å². The molecule has 0 saturated heterocycles. The van der Waals surface area contributed by atoms with Gasteiger partial charge in [-0.15, -0.1) is 10.2 Å². The zero-order valence-corrected chi connectivity index (χ0v) is 15.6. The monoisotopic (exact) mass is 387 g/mol. The van der Waals surface area contributed by atoms with Gasteiger partial charge in [0.2, 0.25) is 5.89 Å². The standard InChI is InChI=1S/C18H17N3O5S/c1-24-15-8-5-13(9-16(15)25-2)10-17-19-20-18(26-17)27-11-12-3-6-14(7-4-12)21(22)23/h3-9H,10-11H2,1-2H3. The molecule has 8 nitrogen and oxygen atoms in total. The number of hydrogen-bond acceptors (Lipinski definition) is 8. The molecule has 3 rings (SSSR count). The highest BCUT2D eigenvalue weighted by Crippen LogP contribution is 2.29. The number of hydrogen-bond donors (Lipinski definition) is 0. The van der Waals surface area contributed by atoms with Gasteiger partial charge in [0.25, 0.3) is 10.9 Å². The molecule has 0 spiro atoms. The van der Waals surface area contributed by atoms with Crippen molar-refractivity contribution < 1.29 is 18.8 Å². The molecule has 0 atom stereocenters. The van der Waals surface area contributed by atoms with Gasteiger partial charge in [0, 0.05) is 17.9 Å². The summed E-state index contributed by atoms with van der Waals surface area (Å²) in [5.41, 5.74) is 1.97. The van der Waals surface area contributed by atoms with E-state index < -0.39 is 4.92 Å². The summed E-state index contributed by atoms with van der Waals surface area (Å²) in [4.78, 5) is 10.3. The van der Waals surface area contributed by atoms with Crippen LogP contribution in [0.5, 0.6) is 11.5 Å². The third-order valence-corrected chi connectivity index (χ3v) is 4.65. The third-order valence-electron chi connectivity index (χ3n) is 3.76. The fraction of sp³-hybridized carbons (Fsp3) is 0.222. The Morgan fingerprint density at radius 3 is 2.41 bits per heavy atom. The van der Waals surface area contributed by atoms with E-state index in [2.05, 4.69) is 10.2 Å². The fourth-order valence-electron chi connectivity index (χ4n) is 2.39. The molecule has 0 radical (unpaired) electrons. The molecule has 0 N–H and O–H groups in total. The lowest BCUT2D eigenvalue weighted by Gasteiger charge is -2.08. The van der Waals surface area contributed by atoms with Crippen molar-refractivity contribution in [3.63, 3.8) is 0 Å². The minimum absolute atomic E-state index is 0.0683. The van der Waals surface area contributed by atoms with Crippen LogP contribution in [0, 0.1) is 10.1 Å². The van der Waals surface area contributed by atoms with E-state index in [1.165, 1.54) is 23.9 Å². The van der Waals surface area contributed by atoms with Crippen LogP contribution in [0.25, 0.3) is 0 Å². The largest absolute Gasteiger partial charge is 0.493 e. The minimum Gasteiger partial charge on any atom is -0.493 e. The van der Waals surface area contributed by atoms with E-state index in [4.69, 9.17) is 13.9 Å². The maximum Gasteiger partial charge on any atom is 0.276 e. The van der Waals surface area contributed by atoms with Crippen molar-refractivity contribution in [2.45, 2.75) is 17.4 Å². The Morgan fingerprint density at radius 1 is 1.04 bits per heavy atom. The summed E-state index contributed by atoms with van der Waals surface area (Å²) in [7, 11) is 3.17. The van der Waals surface area contributed by atoms with Crippen LogP contribution in [0.1, 0.15) is 17.0 Å². The zero-order valence-electron chi connectivity index (χ0n) is 14.7. The molecule has 0 saturated carbocycles. The lowest BCUT2D eigenvalue weighted by molar-refractivity contribution is -0.384. The van der Waals surface area contributed by atoms with Crippen LogP contribution in [0.2, 0.25) is 0 Å². The number of methoxy groups -OCH3 is 2. The first-order chi connectivity index (χ1) is 13.1. The molecule has 0 amide bonds. The lowest BCUT2D eigenvalue weighted by Crippen LogP contribution is -1.94. The number of thioether (sulfide) groups is 1. The lowest BCUT2D eigenvalue weighted by atomic mass is 10.1. The number of nitrogens with zero attached hydrogens (tertiary/aromatic N) is 3. The Balaban J connectivity index is 1.60. The molecule has 1 aromatic heterocycles. The van der Waals surface area contributed by atoms with E-state index in [0.29, 0.717) is 34.8 Å². The topological polar surface area (TPSA) is 101 Å². The number of rotatable bonds is 8. The smallest absolute Gasteiger partial charge is 0.276 e. The normalized spacial score (nSPS) is 10.6. The van der Waals surface area contributed by atoms with Crippen LogP contribution in [-0.2, 0) is 12.2 Å². The van der Waals surface area contributed by atoms with Crippen LogP contribution in [0.15, 0.2) is 52.1 Å². The summed E-state index contributed by atoms with van der Waals surface area (Å²) in [5.74, 6) is 2.37. The van der Waals surface area contributed by atoms with Crippen molar-refractivity contribution >= 4 is 17.4 Å². The molecule has 0 aliphatic heterocycles. The SMILES string of the molecule is COc1ccc(Cc2nnc(SCc3ccc([N+](=O)[O-])cc3)o2)cc1OC. The number of nitro benzene ring substituents is 1. The van der Waals surface area contributed by atoms with Crippen LogP contribution >= 0.6 is 11.8 Å². The summed E-state index contributed by atoms with van der Waals surface area (Å²) in [6, 6.07) is 12.0. The second-order valence-electron chi connectivity index (χ2n) is 5.54. The first-order valence-electron chi connectivity index (χ1n) is 7.98. The molecule has 140 valence electrons. The summed E-state index contributed by atoms with van der Waals surface area (Å²) >= 11 is 1.38. The number of ether oxygens (including phenoxy) is 2. The van der Waals surface area contributed by atoms with Crippen LogP contribution < -0.4 is 9.47 Å². The molecule has 1 heterocycles. The Morgan fingerprint density at radius 2 is 1.74 bits per heavy atom. The highest BCUT2D eigenvalue weighted by molar-refractivity contribution is 7.98. The van der Waals surface area contributed by atoms with E-state index in [1.807, 2.05) is 18.2 Å². The highest BCUT2D eigenvalue weighted by Gasteiger charge is 2.11. The van der Waals surface area contributed by atoms with Gasteiger partial charge in [-0.25, -0.2) is 0 Å². The second kappa shape index (κ2) is 8.54. The summed E-state index contributed by atoms with van der Waals surface area (Å²) in [5, 5.41) is 19.2. The number of non-ortho nitro benzene ring substituents is 1. The molecule has 0 aliphatic carbocycles. The van der Waals surface area contributed by atoms with Crippen molar-refractivity contribution in [1.82, 2.24) is 10.2 Å². The van der Waals surface area contributed by atoms with E-state index in [0.717, 1.165) is 11.1 Å². The van der Waals surface area contributed by atoms with Gasteiger partial charge in [-0.2, -0.15) is 0 Å². The maximum absolute atomic E-state index is 10.7. The quantitative estimate of drug-likeness (QED) is 0.326. The molecular weight excluding hydrogens is 370 g/mol. The van der Waals surface area contributed by atoms with Crippen molar-refractivity contribution in [1.29, 1.82) is 0 Å². The van der Waals surface area contributed by atoms with Gasteiger partial charge >= 0.3 is 0 Å². The molecule has 0 unspecified atom stereocenters. The summed E-state index contributed by atoms with van der Waals surface area (Å²) in [6.07, 6.45) is 0.478. The third kappa shape index (κ3) is 4.76. The summed E-state index contributed by atoms with van der Waals surface area (Å²) < 4.78 is 16.2. The molecule has 0 aliphatic rings. The van der Waals surface area contributed by atoms with Crippen LogP contribution in [0.4, 0.5) is 5.69 Å². The minimum atomic E-state index is -0.421. The van der Waals surface area contributed by atoms with Crippen molar-refractivity contribution in [2.24, 2.45) is 0 Å². The van der Waals surface area contributed by atoms with Gasteiger partial charge < -0.3 is 13.9 Å². The van der Waals surface area contributed by atoms with E-state index in [-0.39, 0.29) is 5.69 Å². The maximum atomic E-state index is 10.7. The predicted octanol–water partition coefficient (Wildman–Crippen LogP) is 3.88. The first-order valence-corrected chi connectivity index (χ1v) is 8.97. The van der Waals surface area contributed by atoms with Crippen LogP contribution in [0.3, 0.4) is 0 Å². The Bertz CT molecular complexity index is 927. The molecule has 2 aromatic carbocycles. The fourth-order valence-corrected chi connectivity index (χ4v) is 3.13. The van der Waals surface area contributed by atoms with Crippen LogP contribution in [-0.4, -0.2) is 29.3 Å². The van der Waals surface area contributed by atoms with Crippen molar-refractivity contribution in [2.75, 3.05) is 14.2 Å². The average Bonchev–Trinajstić information content (AvgIpc) is 3.13. The molecule has 0 bridgehead atoms. The van der Waals surface area contributed by atoms with E-state index >= 15 is 0 Å². The van der Waals surface area contributed by atoms with Gasteiger partial charge in [0.1, 0.15) is 0 Å². The van der Waals surface area contributed by atoms with Crippen molar-refractivity contribution in [3.8, 4) is 11.5 Å². The first kappa shape index (κ1) is 18.7. The number of nitro groups is 1. The average molecular weight is 387 g/mol. The van der Waals surface area contributed by atoms with Gasteiger partial charge in [-0.1, -0.05) is 30.0 Å². The molecule has 9 heteroatoms. The Labute approximate surface area is 159 Å². The molecular formula is C18H17N3O5S. The van der Waals surface area contributed by atoms with E-state index in [1.54, 1.807) is 26.4 Å². The van der Waals surface area contributed by atoms with E-state index in [9.17, 15) is 10.1 Å². The van der Waals surface area contributed by atoms with Gasteiger partial charge in [0.05, 0.1) is 25.6 Å².